The monoisotopic (exact) mass is 426 g/mol. The van der Waals surface area contributed by atoms with Gasteiger partial charge in [0, 0.05) is 28.4 Å². The van der Waals surface area contributed by atoms with Crippen molar-refractivity contribution >= 4 is 34.7 Å². The van der Waals surface area contributed by atoms with E-state index in [9.17, 15) is 4.57 Å². The van der Waals surface area contributed by atoms with E-state index in [-0.39, 0.29) is 37.4 Å². The fourth-order valence-electron chi connectivity index (χ4n) is 3.67. The highest BCUT2D eigenvalue weighted by Crippen LogP contribution is 2.56. The molecule has 156 valence electrons. The zero-order chi connectivity index (χ0) is 20.2. The zero-order valence-electron chi connectivity index (χ0n) is 16.6. The third-order valence-electron chi connectivity index (χ3n) is 4.89. The van der Waals surface area contributed by atoms with Crippen molar-refractivity contribution in [2.24, 2.45) is 0 Å². The molecule has 0 aromatic carbocycles. The molecule has 3 unspecified atom stereocenters. The van der Waals surface area contributed by atoms with Gasteiger partial charge in [-0.15, -0.1) is 0 Å². The van der Waals surface area contributed by atoms with Crippen LogP contribution in [0.3, 0.4) is 0 Å². The SMILES string of the molecule is B[C@@H]1O[C@H](COP(=O)(S)OC2[C@@H](COC)O[C@@H](B)[C@H]2OC)C(OC)[C@@H]1OC. The molecule has 0 radical (unpaired) electrons. The standard InChI is InChI=1S/C14H29B2O9PS/c1-18-5-7-10(12(21-4)14(16)23-7)25-26(17,27)22-6-8-9(19-2)11(20-3)13(15)24-8/h7-14H,5-6,15-16H2,1-4H3,(H,17,27)/t7-,8-,9?,10?,11+,12+,13-,14-,26?/m1/s1. The van der Waals surface area contributed by atoms with Crippen LogP contribution in [0.15, 0.2) is 0 Å². The third kappa shape index (κ3) is 5.72. The summed E-state index contributed by atoms with van der Waals surface area (Å²) in [6.45, 7) is -3.46. The molecule has 9 nitrogen and oxygen atoms in total. The average Bonchev–Trinajstić information content (AvgIpc) is 3.08. The topological polar surface area (TPSA) is 90.9 Å². The molecule has 2 aliphatic rings. The Morgan fingerprint density at radius 1 is 0.852 bits per heavy atom. The van der Waals surface area contributed by atoms with E-state index >= 15 is 0 Å². The highest BCUT2D eigenvalue weighted by Gasteiger charge is 2.48. The van der Waals surface area contributed by atoms with Gasteiger partial charge in [-0.2, -0.15) is 0 Å². The highest BCUT2D eigenvalue weighted by atomic mass is 32.7. The van der Waals surface area contributed by atoms with E-state index in [1.54, 1.807) is 28.4 Å². The van der Waals surface area contributed by atoms with E-state index in [4.69, 9.17) is 37.5 Å². The van der Waals surface area contributed by atoms with Gasteiger partial charge in [0.15, 0.2) is 0 Å². The van der Waals surface area contributed by atoms with Gasteiger partial charge in [0.05, 0.1) is 25.2 Å². The van der Waals surface area contributed by atoms with Crippen LogP contribution in [-0.2, 0) is 42.0 Å². The summed E-state index contributed by atoms with van der Waals surface area (Å²) >= 11 is 4.11. The molecule has 9 atom stereocenters. The molecule has 2 saturated heterocycles. The number of hydrogen-bond acceptors (Lipinski definition) is 9. The number of thiol groups is 1. The van der Waals surface area contributed by atoms with Crippen LogP contribution in [0.2, 0.25) is 0 Å². The first-order valence-electron chi connectivity index (χ1n) is 8.81. The van der Waals surface area contributed by atoms with E-state index in [0.717, 1.165) is 0 Å². The maximum absolute atomic E-state index is 12.8. The summed E-state index contributed by atoms with van der Waals surface area (Å²) in [5, 5.41) is 0. The Hall–Kier alpha value is 0.390. The van der Waals surface area contributed by atoms with E-state index in [2.05, 4.69) is 12.2 Å². The molecule has 0 aliphatic carbocycles. The minimum atomic E-state index is -3.71. The van der Waals surface area contributed by atoms with Gasteiger partial charge in [-0.1, -0.05) is 12.2 Å². The summed E-state index contributed by atoms with van der Waals surface area (Å²) in [6, 6.07) is -0.422. The lowest BCUT2D eigenvalue weighted by atomic mass is 9.93. The van der Waals surface area contributed by atoms with Crippen molar-refractivity contribution in [2.75, 3.05) is 41.7 Å². The Bertz CT molecular complexity index is 519. The number of methoxy groups -OCH3 is 4. The summed E-state index contributed by atoms with van der Waals surface area (Å²) in [4.78, 5) is 0. The summed E-state index contributed by atoms with van der Waals surface area (Å²) in [5.74, 6) is 0. The van der Waals surface area contributed by atoms with Crippen LogP contribution >= 0.6 is 19.0 Å². The van der Waals surface area contributed by atoms with Gasteiger partial charge in [0.1, 0.15) is 52.3 Å². The van der Waals surface area contributed by atoms with E-state index < -0.39 is 31.2 Å². The lowest BCUT2D eigenvalue weighted by Gasteiger charge is -2.26. The van der Waals surface area contributed by atoms with Crippen LogP contribution in [0.25, 0.3) is 0 Å². The Morgan fingerprint density at radius 3 is 1.81 bits per heavy atom. The van der Waals surface area contributed by atoms with Gasteiger partial charge < -0.3 is 28.4 Å². The summed E-state index contributed by atoms with van der Waals surface area (Å²) in [7, 11) is 9.99. The van der Waals surface area contributed by atoms with Gasteiger partial charge in [0.25, 0.3) is 0 Å². The van der Waals surface area contributed by atoms with Gasteiger partial charge in [-0.05, 0) is 0 Å². The van der Waals surface area contributed by atoms with Gasteiger partial charge >= 0.3 is 6.80 Å². The van der Waals surface area contributed by atoms with Crippen LogP contribution in [0, 0.1) is 0 Å². The first-order chi connectivity index (χ1) is 12.8. The smallest absolute Gasteiger partial charge is 0.382 e. The van der Waals surface area contributed by atoms with Crippen molar-refractivity contribution in [3.63, 3.8) is 0 Å². The number of ether oxygens (including phenoxy) is 6. The van der Waals surface area contributed by atoms with Crippen LogP contribution in [0.4, 0.5) is 0 Å². The fourth-order valence-corrected chi connectivity index (χ4v) is 5.15. The van der Waals surface area contributed by atoms with Crippen molar-refractivity contribution in [3.05, 3.63) is 0 Å². The van der Waals surface area contributed by atoms with E-state index in [1.807, 2.05) is 15.7 Å². The average molecular weight is 426 g/mol. The van der Waals surface area contributed by atoms with Crippen molar-refractivity contribution < 1.29 is 42.0 Å². The van der Waals surface area contributed by atoms with Crippen molar-refractivity contribution in [3.8, 4) is 0 Å². The molecule has 0 spiro atoms. The van der Waals surface area contributed by atoms with Crippen molar-refractivity contribution in [2.45, 2.75) is 48.6 Å². The predicted molar refractivity (Wildman–Crippen MR) is 106 cm³/mol. The Labute approximate surface area is 167 Å². The van der Waals surface area contributed by atoms with Crippen LogP contribution in [0.5, 0.6) is 0 Å². The first-order valence-corrected chi connectivity index (χ1v) is 11.5. The molecule has 2 heterocycles. The van der Waals surface area contributed by atoms with Crippen molar-refractivity contribution in [1.29, 1.82) is 0 Å². The lowest BCUT2D eigenvalue weighted by molar-refractivity contribution is -0.0425. The molecule has 0 saturated carbocycles. The third-order valence-corrected chi connectivity index (χ3v) is 6.50. The molecule has 2 aliphatic heterocycles. The molecule has 0 amide bonds. The first kappa shape index (κ1) is 23.7. The van der Waals surface area contributed by atoms with E-state index in [1.165, 1.54) is 0 Å². The molecule has 13 heteroatoms. The number of rotatable bonds is 10. The minimum absolute atomic E-state index is 0.0147. The molecular formula is C14H29B2O9PS. The Kier molecular flexibility index (Phi) is 9.14. The summed E-state index contributed by atoms with van der Waals surface area (Å²) in [5.41, 5.74) is 0. The van der Waals surface area contributed by atoms with Gasteiger partial charge in [-0.3, -0.25) is 9.05 Å². The predicted octanol–water partition coefficient (Wildman–Crippen LogP) is -1.17. The largest absolute Gasteiger partial charge is 0.386 e. The number of hydrogen-bond donors (Lipinski definition) is 1. The zero-order valence-corrected chi connectivity index (χ0v) is 18.4. The molecule has 27 heavy (non-hydrogen) atoms. The summed E-state index contributed by atoms with van der Waals surface area (Å²) in [6.07, 6.45) is -2.53. The Balaban J connectivity index is 1.98. The van der Waals surface area contributed by atoms with Gasteiger partial charge in [-0.25, -0.2) is 4.57 Å². The molecule has 0 N–H and O–H groups in total. The Morgan fingerprint density at radius 2 is 1.33 bits per heavy atom. The normalized spacial score (nSPS) is 41.7. The quantitative estimate of drug-likeness (QED) is 0.264. The highest BCUT2D eigenvalue weighted by molar-refractivity contribution is 8.44. The van der Waals surface area contributed by atoms with Crippen LogP contribution < -0.4 is 0 Å². The maximum Gasteiger partial charge on any atom is 0.386 e. The maximum atomic E-state index is 12.8. The summed E-state index contributed by atoms with van der Waals surface area (Å²) < 4.78 is 57.0. The fraction of sp³-hybridized carbons (Fsp3) is 1.00. The molecule has 0 aromatic rings. The molecule has 0 bridgehead atoms. The minimum Gasteiger partial charge on any atom is -0.382 e. The van der Waals surface area contributed by atoms with Crippen LogP contribution in [0.1, 0.15) is 0 Å². The lowest BCUT2D eigenvalue weighted by Crippen LogP contribution is -2.38. The second kappa shape index (κ2) is 10.4. The second-order valence-corrected chi connectivity index (χ2v) is 9.53. The van der Waals surface area contributed by atoms with Crippen molar-refractivity contribution in [1.82, 2.24) is 0 Å². The molecular weight excluding hydrogens is 397 g/mol. The molecule has 2 fully saturated rings. The molecule has 0 aromatic heterocycles. The van der Waals surface area contributed by atoms with Crippen LogP contribution in [-0.4, -0.2) is 106 Å². The second-order valence-electron chi connectivity index (χ2n) is 6.65. The van der Waals surface area contributed by atoms with E-state index in [0.29, 0.717) is 0 Å². The van der Waals surface area contributed by atoms with Gasteiger partial charge in [0.2, 0.25) is 0 Å². The molecule has 2 rings (SSSR count).